The van der Waals surface area contributed by atoms with E-state index in [0.717, 1.165) is 16.8 Å². The molecular weight excluding hydrogens is 380 g/mol. The second-order valence-electron chi connectivity index (χ2n) is 6.25. The highest BCUT2D eigenvalue weighted by Crippen LogP contribution is 2.33. The molecule has 1 aromatic heterocycles. The Morgan fingerprint density at radius 3 is 2.50 bits per heavy atom. The molecule has 0 saturated carbocycles. The van der Waals surface area contributed by atoms with Gasteiger partial charge in [0.15, 0.2) is 0 Å². The number of methoxy groups -OCH3 is 1. The van der Waals surface area contributed by atoms with Crippen LogP contribution >= 0.6 is 11.6 Å². The van der Waals surface area contributed by atoms with Gasteiger partial charge in [-0.25, -0.2) is 9.97 Å². The maximum Gasteiger partial charge on any atom is 0.273 e. The molecule has 0 spiro atoms. The number of nitrogens with one attached hydrogen (secondary N) is 1. The Kier molecular flexibility index (Phi) is 5.75. The second-order valence-corrected chi connectivity index (χ2v) is 6.69. The van der Waals surface area contributed by atoms with E-state index in [2.05, 4.69) is 15.3 Å². The van der Waals surface area contributed by atoms with Crippen molar-refractivity contribution in [1.29, 1.82) is 0 Å². The molecule has 0 fully saturated rings. The number of aromatic nitrogens is 2. The highest BCUT2D eigenvalue weighted by molar-refractivity contribution is 6.30. The van der Waals surface area contributed by atoms with Crippen molar-refractivity contribution in [3.63, 3.8) is 0 Å². The number of nitro benzene ring substituents is 1. The summed E-state index contributed by atoms with van der Waals surface area (Å²) in [6, 6.07) is 12.0. The smallest absolute Gasteiger partial charge is 0.273 e. The van der Waals surface area contributed by atoms with E-state index < -0.39 is 4.92 Å². The van der Waals surface area contributed by atoms with E-state index in [-0.39, 0.29) is 5.69 Å². The number of nitro groups is 1. The van der Waals surface area contributed by atoms with E-state index in [1.54, 1.807) is 6.07 Å². The van der Waals surface area contributed by atoms with Crippen molar-refractivity contribution in [2.24, 2.45) is 0 Å². The molecule has 0 aliphatic carbocycles. The molecule has 0 amide bonds. The monoisotopic (exact) mass is 398 g/mol. The number of non-ortho nitro benzene ring substituents is 1. The molecule has 28 heavy (non-hydrogen) atoms. The third-order valence-corrected chi connectivity index (χ3v) is 4.52. The summed E-state index contributed by atoms with van der Waals surface area (Å²) in [5, 5.41) is 14.9. The molecule has 2 aromatic carbocycles. The van der Waals surface area contributed by atoms with Crippen molar-refractivity contribution in [3.8, 4) is 5.75 Å². The van der Waals surface area contributed by atoms with Crippen LogP contribution in [-0.2, 0) is 6.42 Å². The van der Waals surface area contributed by atoms with Gasteiger partial charge in [-0.1, -0.05) is 23.7 Å². The van der Waals surface area contributed by atoms with Crippen LogP contribution in [0.25, 0.3) is 0 Å². The lowest BCUT2D eigenvalue weighted by Crippen LogP contribution is -2.07. The van der Waals surface area contributed by atoms with Gasteiger partial charge in [0.05, 0.1) is 23.8 Å². The maximum atomic E-state index is 11.0. The molecule has 0 aliphatic heterocycles. The van der Waals surface area contributed by atoms with Crippen LogP contribution in [0.3, 0.4) is 0 Å². The largest absolute Gasteiger partial charge is 0.494 e. The van der Waals surface area contributed by atoms with Crippen molar-refractivity contribution in [1.82, 2.24) is 9.97 Å². The maximum absolute atomic E-state index is 11.0. The number of aryl methyl sites for hydroxylation is 2. The lowest BCUT2D eigenvalue weighted by Gasteiger charge is -2.16. The summed E-state index contributed by atoms with van der Waals surface area (Å²) >= 11 is 5.97. The Morgan fingerprint density at radius 2 is 1.86 bits per heavy atom. The van der Waals surface area contributed by atoms with Crippen LogP contribution in [0.1, 0.15) is 22.6 Å². The van der Waals surface area contributed by atoms with Crippen molar-refractivity contribution in [3.05, 3.63) is 80.2 Å². The zero-order chi connectivity index (χ0) is 20.3. The Bertz CT molecular complexity index is 1020. The molecule has 0 aliphatic rings. The quantitative estimate of drug-likeness (QED) is 0.464. The summed E-state index contributed by atoms with van der Waals surface area (Å²) in [7, 11) is 1.47. The van der Waals surface area contributed by atoms with Crippen LogP contribution < -0.4 is 10.1 Å². The predicted octanol–water partition coefficient (Wildman–Crippen LogP) is 5.00. The minimum Gasteiger partial charge on any atom is -0.494 e. The molecule has 0 saturated heterocycles. The number of anilines is 2. The molecule has 7 nitrogen and oxygen atoms in total. The summed E-state index contributed by atoms with van der Waals surface area (Å²) in [4.78, 5) is 19.6. The van der Waals surface area contributed by atoms with E-state index in [1.165, 1.54) is 19.2 Å². The summed E-state index contributed by atoms with van der Waals surface area (Å²) in [5.74, 6) is 1.62. The van der Waals surface area contributed by atoms with Gasteiger partial charge in [-0.3, -0.25) is 10.1 Å². The number of ether oxygens (including phenoxy) is 1. The van der Waals surface area contributed by atoms with Crippen molar-refractivity contribution < 1.29 is 9.66 Å². The van der Waals surface area contributed by atoms with Crippen LogP contribution in [0.2, 0.25) is 5.02 Å². The van der Waals surface area contributed by atoms with E-state index in [1.807, 2.05) is 38.1 Å². The molecule has 8 heteroatoms. The molecule has 1 N–H and O–H groups in total. The van der Waals surface area contributed by atoms with Crippen LogP contribution in [-0.4, -0.2) is 22.0 Å². The fourth-order valence-corrected chi connectivity index (χ4v) is 3.01. The van der Waals surface area contributed by atoms with Gasteiger partial charge in [0.25, 0.3) is 5.69 Å². The summed E-state index contributed by atoms with van der Waals surface area (Å²) in [6.45, 7) is 3.75. The standard InChI is InChI=1S/C20H19ClN4O3/c1-12-17(10-14-4-6-15(21)7-5-14)20(23-13(2)22-12)24-18-9-8-16(25(26)27)11-19(18)28-3/h4-9,11H,10H2,1-3H3,(H,22,23,24). The molecule has 3 aromatic rings. The van der Waals surface area contributed by atoms with Crippen LogP contribution in [0.15, 0.2) is 42.5 Å². The van der Waals surface area contributed by atoms with Gasteiger partial charge in [0.1, 0.15) is 17.4 Å². The molecule has 0 atom stereocenters. The number of halogens is 1. The number of nitrogens with zero attached hydrogens (tertiary/aromatic N) is 3. The van der Waals surface area contributed by atoms with Crippen LogP contribution in [0.4, 0.5) is 17.2 Å². The Hall–Kier alpha value is -3.19. The molecule has 0 unspecified atom stereocenters. The Labute approximate surface area is 167 Å². The molecule has 1 heterocycles. The first kappa shape index (κ1) is 19.6. The fraction of sp³-hybridized carbons (Fsp3) is 0.200. The van der Waals surface area contributed by atoms with Crippen molar-refractivity contribution >= 4 is 28.8 Å². The zero-order valence-corrected chi connectivity index (χ0v) is 16.4. The molecule has 144 valence electrons. The summed E-state index contributed by atoms with van der Waals surface area (Å²) in [6.07, 6.45) is 0.612. The number of rotatable bonds is 6. The predicted molar refractivity (Wildman–Crippen MR) is 109 cm³/mol. The van der Waals surface area contributed by atoms with Crippen LogP contribution in [0.5, 0.6) is 5.75 Å². The van der Waals surface area contributed by atoms with Gasteiger partial charge in [-0.15, -0.1) is 0 Å². The minimum absolute atomic E-state index is 0.0427. The number of hydrogen-bond donors (Lipinski definition) is 1. The van der Waals surface area contributed by atoms with Gasteiger partial charge >= 0.3 is 0 Å². The highest BCUT2D eigenvalue weighted by atomic mass is 35.5. The average Bonchev–Trinajstić information content (AvgIpc) is 2.66. The first-order valence-corrected chi connectivity index (χ1v) is 8.93. The van der Waals surface area contributed by atoms with E-state index in [9.17, 15) is 10.1 Å². The van der Waals surface area contributed by atoms with Crippen molar-refractivity contribution in [2.75, 3.05) is 12.4 Å². The topological polar surface area (TPSA) is 90.2 Å². The zero-order valence-electron chi connectivity index (χ0n) is 15.7. The Morgan fingerprint density at radius 1 is 1.14 bits per heavy atom. The van der Waals surface area contributed by atoms with E-state index >= 15 is 0 Å². The Balaban J connectivity index is 2.00. The van der Waals surface area contributed by atoms with Crippen LogP contribution in [0, 0.1) is 24.0 Å². The van der Waals surface area contributed by atoms with Gasteiger partial charge < -0.3 is 10.1 Å². The van der Waals surface area contributed by atoms with Crippen molar-refractivity contribution in [2.45, 2.75) is 20.3 Å². The average molecular weight is 399 g/mol. The normalized spacial score (nSPS) is 10.6. The van der Waals surface area contributed by atoms with E-state index in [4.69, 9.17) is 16.3 Å². The fourth-order valence-electron chi connectivity index (χ4n) is 2.88. The first-order valence-electron chi connectivity index (χ1n) is 8.55. The molecular formula is C20H19ClN4O3. The molecule has 0 radical (unpaired) electrons. The number of benzene rings is 2. The lowest BCUT2D eigenvalue weighted by atomic mass is 10.0. The van der Waals surface area contributed by atoms with Gasteiger partial charge in [-0.2, -0.15) is 0 Å². The molecule has 0 bridgehead atoms. The SMILES string of the molecule is COc1cc([N+](=O)[O-])ccc1Nc1nc(C)nc(C)c1Cc1ccc(Cl)cc1. The first-order chi connectivity index (χ1) is 13.4. The summed E-state index contributed by atoms with van der Waals surface area (Å²) < 4.78 is 5.32. The summed E-state index contributed by atoms with van der Waals surface area (Å²) in [5.41, 5.74) is 3.39. The van der Waals surface area contributed by atoms with Gasteiger partial charge in [0, 0.05) is 28.8 Å². The molecule has 3 rings (SSSR count). The highest BCUT2D eigenvalue weighted by Gasteiger charge is 2.16. The third kappa shape index (κ3) is 4.37. The third-order valence-electron chi connectivity index (χ3n) is 4.27. The van der Waals surface area contributed by atoms with Gasteiger partial charge in [0.2, 0.25) is 0 Å². The number of hydrogen-bond acceptors (Lipinski definition) is 6. The van der Waals surface area contributed by atoms with E-state index in [0.29, 0.717) is 34.5 Å². The minimum atomic E-state index is -0.461. The van der Waals surface area contributed by atoms with Gasteiger partial charge in [-0.05, 0) is 37.6 Å². The lowest BCUT2D eigenvalue weighted by molar-refractivity contribution is -0.384. The second kappa shape index (κ2) is 8.22.